The third kappa shape index (κ3) is 4.15. The molecule has 3 nitrogen and oxygen atoms in total. The lowest BCUT2D eigenvalue weighted by atomic mass is 10.3. The summed E-state index contributed by atoms with van der Waals surface area (Å²) in [4.78, 5) is 10.7. The van der Waals surface area contributed by atoms with E-state index in [-0.39, 0.29) is 12.9 Å². The van der Waals surface area contributed by atoms with Gasteiger partial charge in [0.05, 0.1) is 12.9 Å². The molecule has 0 spiro atoms. The van der Waals surface area contributed by atoms with Crippen molar-refractivity contribution in [2.75, 3.05) is 6.61 Å². The Labute approximate surface area is 79.2 Å². The Morgan fingerprint density at radius 2 is 2.07 bits per heavy atom. The Bertz CT molecular complexity index is 220. The van der Waals surface area contributed by atoms with Gasteiger partial charge in [-0.3, -0.25) is 0 Å². The van der Waals surface area contributed by atoms with E-state index in [0.29, 0.717) is 12.8 Å². The number of esters is 1. The smallest absolute Gasteiger partial charge is 0.426 e. The maximum absolute atomic E-state index is 12.0. The van der Waals surface area contributed by atoms with Crippen molar-refractivity contribution in [1.29, 1.82) is 0 Å². The molecule has 6 heteroatoms. The number of hydrogen-bond acceptors (Lipinski definition) is 3. The number of aliphatic hydroxyl groups is 1. The molecule has 0 fully saturated rings. The molecule has 0 heterocycles. The molecule has 0 aliphatic rings. The number of carbonyl (C=O) groups excluding carboxylic acids is 1. The van der Waals surface area contributed by atoms with E-state index in [9.17, 15) is 18.0 Å². The van der Waals surface area contributed by atoms with Gasteiger partial charge in [0.15, 0.2) is 5.57 Å². The summed E-state index contributed by atoms with van der Waals surface area (Å²) in [5.74, 6) is -1.55. The first-order valence-corrected chi connectivity index (χ1v) is 4.02. The first-order valence-electron chi connectivity index (χ1n) is 4.02. The van der Waals surface area contributed by atoms with Crippen molar-refractivity contribution in [3.05, 3.63) is 11.8 Å². The van der Waals surface area contributed by atoms with E-state index >= 15 is 0 Å². The first kappa shape index (κ1) is 12.8. The van der Waals surface area contributed by atoms with Crippen LogP contribution in [0, 0.1) is 0 Å². The normalized spacial score (nSPS) is 12.7. The van der Waals surface area contributed by atoms with Gasteiger partial charge in [0, 0.05) is 0 Å². The highest BCUT2D eigenvalue weighted by Crippen LogP contribution is 2.25. The number of aliphatic hydroxyl groups excluding tert-OH is 1. The molecule has 1 N–H and O–H groups in total. The minimum absolute atomic E-state index is 0.0806. The number of unbranched alkanes of at least 4 members (excludes halogenated alkanes) is 1. The van der Waals surface area contributed by atoms with Crippen LogP contribution in [0.3, 0.4) is 0 Å². The molecular weight excluding hydrogens is 201 g/mol. The Kier molecular flexibility index (Phi) is 5.04. The number of rotatable bonds is 4. The number of hydrogen-bond donors (Lipinski definition) is 1. The highest BCUT2D eigenvalue weighted by Gasteiger charge is 2.40. The molecule has 0 aromatic rings. The predicted octanol–water partition coefficient (Wildman–Crippen LogP) is 2.33. The Morgan fingerprint density at radius 1 is 1.50 bits per heavy atom. The first-order chi connectivity index (χ1) is 6.43. The lowest BCUT2D eigenvalue weighted by Crippen LogP contribution is -2.22. The molecule has 0 amide bonds. The van der Waals surface area contributed by atoms with E-state index in [1.54, 1.807) is 6.92 Å². The van der Waals surface area contributed by atoms with Gasteiger partial charge in [-0.2, -0.15) is 13.2 Å². The maximum Gasteiger partial charge on any atom is 0.426 e. The van der Waals surface area contributed by atoms with E-state index in [2.05, 4.69) is 4.74 Å². The second kappa shape index (κ2) is 5.51. The molecule has 0 unspecified atom stereocenters. The van der Waals surface area contributed by atoms with Crippen molar-refractivity contribution < 1.29 is 27.8 Å². The predicted molar refractivity (Wildman–Crippen MR) is 42.6 cm³/mol. The molecule has 0 saturated carbocycles. The fraction of sp³-hybridized carbons (Fsp3) is 0.625. The summed E-state index contributed by atoms with van der Waals surface area (Å²) >= 11 is 0. The summed E-state index contributed by atoms with van der Waals surface area (Å²) in [6, 6.07) is 0. The van der Waals surface area contributed by atoms with Crippen molar-refractivity contribution in [2.45, 2.75) is 25.9 Å². The summed E-state index contributed by atoms with van der Waals surface area (Å²) in [5, 5.41) is 8.21. The Morgan fingerprint density at radius 3 is 2.43 bits per heavy atom. The summed E-state index contributed by atoms with van der Waals surface area (Å²) in [6.07, 6.45) is -3.97. The fourth-order valence-corrected chi connectivity index (χ4v) is 0.629. The molecule has 0 atom stereocenters. The molecule has 0 aromatic heterocycles. The van der Waals surface area contributed by atoms with Crippen LogP contribution in [0.1, 0.15) is 19.8 Å². The van der Waals surface area contributed by atoms with Gasteiger partial charge in [-0.05, 0) is 6.42 Å². The maximum atomic E-state index is 12.0. The molecule has 0 saturated heterocycles. The van der Waals surface area contributed by atoms with Gasteiger partial charge in [0.2, 0.25) is 0 Å². The van der Waals surface area contributed by atoms with Crippen LogP contribution < -0.4 is 0 Å². The highest BCUT2D eigenvalue weighted by atomic mass is 19.4. The van der Waals surface area contributed by atoms with Crippen LogP contribution >= 0.6 is 0 Å². The van der Waals surface area contributed by atoms with Gasteiger partial charge in [-0.25, -0.2) is 4.79 Å². The molecule has 0 bridgehead atoms. The van der Waals surface area contributed by atoms with Gasteiger partial charge in [0.1, 0.15) is 0 Å². The third-order valence-electron chi connectivity index (χ3n) is 1.39. The second-order valence-corrected chi connectivity index (χ2v) is 2.53. The van der Waals surface area contributed by atoms with Crippen molar-refractivity contribution in [2.24, 2.45) is 0 Å². The minimum atomic E-state index is -4.88. The number of ether oxygens (including phenoxy) is 1. The van der Waals surface area contributed by atoms with Gasteiger partial charge in [-0.1, -0.05) is 13.3 Å². The zero-order valence-electron chi connectivity index (χ0n) is 7.60. The van der Waals surface area contributed by atoms with Crippen LogP contribution in [0.15, 0.2) is 11.8 Å². The number of carbonyl (C=O) groups is 1. The van der Waals surface area contributed by atoms with E-state index in [1.807, 2.05) is 0 Å². The summed E-state index contributed by atoms with van der Waals surface area (Å²) in [6.45, 7) is 1.73. The van der Waals surface area contributed by atoms with Crippen molar-refractivity contribution >= 4 is 5.97 Å². The SMILES string of the molecule is CCCCOC(=O)/C(=C\O)C(F)(F)F. The highest BCUT2D eigenvalue weighted by molar-refractivity contribution is 5.89. The summed E-state index contributed by atoms with van der Waals surface area (Å²) < 4.78 is 40.1. The average molecular weight is 212 g/mol. The number of alkyl halides is 3. The van der Waals surface area contributed by atoms with Crippen LogP contribution in [0.5, 0.6) is 0 Å². The Balaban J connectivity index is 4.22. The van der Waals surface area contributed by atoms with Crippen molar-refractivity contribution in [3.8, 4) is 0 Å². The van der Waals surface area contributed by atoms with Crippen LogP contribution in [0.25, 0.3) is 0 Å². The molecule has 82 valence electrons. The second-order valence-electron chi connectivity index (χ2n) is 2.53. The van der Waals surface area contributed by atoms with E-state index in [4.69, 9.17) is 5.11 Å². The fourth-order valence-electron chi connectivity index (χ4n) is 0.629. The minimum Gasteiger partial charge on any atom is -0.515 e. The van der Waals surface area contributed by atoms with Gasteiger partial charge in [0.25, 0.3) is 0 Å². The molecule has 0 aromatic carbocycles. The van der Waals surface area contributed by atoms with Crippen LogP contribution in [0.4, 0.5) is 13.2 Å². The van der Waals surface area contributed by atoms with Crippen molar-refractivity contribution in [3.63, 3.8) is 0 Å². The Hall–Kier alpha value is -1.20. The van der Waals surface area contributed by atoms with E-state index < -0.39 is 17.7 Å². The monoisotopic (exact) mass is 212 g/mol. The van der Waals surface area contributed by atoms with Crippen LogP contribution in [-0.4, -0.2) is 23.9 Å². The third-order valence-corrected chi connectivity index (χ3v) is 1.39. The summed E-state index contributed by atoms with van der Waals surface area (Å²) in [7, 11) is 0. The lowest BCUT2D eigenvalue weighted by molar-refractivity contribution is -0.151. The quantitative estimate of drug-likeness (QED) is 0.336. The molecule has 0 radical (unpaired) electrons. The standard InChI is InChI=1S/C8H11F3O3/c1-2-3-4-14-7(13)6(5-12)8(9,10)11/h5,12H,2-4H2,1H3/b6-5+. The largest absolute Gasteiger partial charge is 0.515 e. The van der Waals surface area contributed by atoms with Gasteiger partial charge >= 0.3 is 12.1 Å². The van der Waals surface area contributed by atoms with Crippen LogP contribution in [-0.2, 0) is 9.53 Å². The zero-order valence-corrected chi connectivity index (χ0v) is 7.60. The molecule has 0 rings (SSSR count). The lowest BCUT2D eigenvalue weighted by Gasteiger charge is -2.09. The zero-order chi connectivity index (χ0) is 11.2. The molecule has 14 heavy (non-hydrogen) atoms. The van der Waals surface area contributed by atoms with E-state index in [1.165, 1.54) is 0 Å². The molecular formula is C8H11F3O3. The molecule has 0 aliphatic heterocycles. The average Bonchev–Trinajstić information content (AvgIpc) is 2.03. The number of halogens is 3. The topological polar surface area (TPSA) is 46.5 Å². The van der Waals surface area contributed by atoms with Gasteiger partial charge < -0.3 is 9.84 Å². The van der Waals surface area contributed by atoms with Gasteiger partial charge in [-0.15, -0.1) is 0 Å². The molecule has 0 aliphatic carbocycles. The van der Waals surface area contributed by atoms with Crippen molar-refractivity contribution in [1.82, 2.24) is 0 Å². The summed E-state index contributed by atoms with van der Waals surface area (Å²) in [5.41, 5.74) is -1.69. The van der Waals surface area contributed by atoms with Crippen LogP contribution in [0.2, 0.25) is 0 Å². The van der Waals surface area contributed by atoms with E-state index in [0.717, 1.165) is 0 Å².